The van der Waals surface area contributed by atoms with Gasteiger partial charge in [0.15, 0.2) is 0 Å². The van der Waals surface area contributed by atoms with Crippen LogP contribution in [0.15, 0.2) is 53.4 Å². The number of nitrogens with one attached hydrogen (secondary N) is 1. The van der Waals surface area contributed by atoms with Crippen molar-refractivity contribution in [3.8, 4) is 0 Å². The van der Waals surface area contributed by atoms with Crippen molar-refractivity contribution in [1.82, 2.24) is 9.62 Å². The SMILES string of the molecule is O=S(=O)(NCCCCN1CCO[C@H](c2ccccc2)C1)c1ccc(F)cc1F. The third-order valence-corrected chi connectivity index (χ3v) is 6.19. The predicted octanol–water partition coefficient (Wildman–Crippen LogP) is 3.10. The van der Waals surface area contributed by atoms with Gasteiger partial charge >= 0.3 is 0 Å². The zero-order valence-corrected chi connectivity index (χ0v) is 16.3. The van der Waals surface area contributed by atoms with E-state index in [2.05, 4.69) is 21.8 Å². The van der Waals surface area contributed by atoms with Crippen molar-refractivity contribution < 1.29 is 21.9 Å². The summed E-state index contributed by atoms with van der Waals surface area (Å²) < 4.78 is 59.1. The molecule has 0 aromatic heterocycles. The van der Waals surface area contributed by atoms with Crippen LogP contribution in [0.3, 0.4) is 0 Å². The summed E-state index contributed by atoms with van der Waals surface area (Å²) in [4.78, 5) is 1.77. The first kappa shape index (κ1) is 20.9. The molecule has 0 aliphatic carbocycles. The third-order valence-electron chi connectivity index (χ3n) is 4.70. The zero-order chi connectivity index (χ0) is 20.0. The van der Waals surface area contributed by atoms with Crippen LogP contribution in [0.5, 0.6) is 0 Å². The lowest BCUT2D eigenvalue weighted by Crippen LogP contribution is -2.39. The monoisotopic (exact) mass is 410 g/mol. The summed E-state index contributed by atoms with van der Waals surface area (Å²) in [5.74, 6) is -1.90. The molecule has 8 heteroatoms. The number of sulfonamides is 1. The summed E-state index contributed by atoms with van der Waals surface area (Å²) in [5, 5.41) is 0. The molecule has 1 N–H and O–H groups in total. The van der Waals surface area contributed by atoms with E-state index < -0.39 is 26.6 Å². The van der Waals surface area contributed by atoms with Crippen molar-refractivity contribution in [2.24, 2.45) is 0 Å². The van der Waals surface area contributed by atoms with Crippen LogP contribution in [0, 0.1) is 11.6 Å². The van der Waals surface area contributed by atoms with E-state index in [1.807, 2.05) is 18.2 Å². The molecule has 2 aromatic carbocycles. The molecule has 1 heterocycles. The Bertz CT molecular complexity index is 878. The summed E-state index contributed by atoms with van der Waals surface area (Å²) in [5.41, 5.74) is 1.15. The van der Waals surface area contributed by atoms with Gasteiger partial charge in [0.2, 0.25) is 10.0 Å². The molecule has 0 saturated carbocycles. The van der Waals surface area contributed by atoms with Gasteiger partial charge in [-0.2, -0.15) is 0 Å². The number of hydrogen-bond acceptors (Lipinski definition) is 4. The lowest BCUT2D eigenvalue weighted by atomic mass is 10.1. The largest absolute Gasteiger partial charge is 0.371 e. The van der Waals surface area contributed by atoms with E-state index in [4.69, 9.17) is 4.74 Å². The average molecular weight is 410 g/mol. The molecular weight excluding hydrogens is 386 g/mol. The van der Waals surface area contributed by atoms with E-state index in [0.29, 0.717) is 19.1 Å². The number of benzene rings is 2. The van der Waals surface area contributed by atoms with Crippen LogP contribution in [0.1, 0.15) is 24.5 Å². The smallest absolute Gasteiger partial charge is 0.243 e. The average Bonchev–Trinajstić information content (AvgIpc) is 2.68. The van der Waals surface area contributed by atoms with Gasteiger partial charge in [0.25, 0.3) is 0 Å². The lowest BCUT2D eigenvalue weighted by molar-refractivity contribution is -0.0303. The Morgan fingerprint density at radius 2 is 1.89 bits per heavy atom. The number of rotatable bonds is 8. The van der Waals surface area contributed by atoms with E-state index in [-0.39, 0.29) is 12.6 Å². The molecule has 1 saturated heterocycles. The van der Waals surface area contributed by atoms with Gasteiger partial charge in [-0.3, -0.25) is 4.90 Å². The minimum atomic E-state index is -3.98. The number of halogens is 2. The van der Waals surface area contributed by atoms with Gasteiger partial charge in [-0.15, -0.1) is 0 Å². The molecule has 0 amide bonds. The quantitative estimate of drug-likeness (QED) is 0.680. The second-order valence-corrected chi connectivity index (χ2v) is 8.49. The van der Waals surface area contributed by atoms with E-state index in [1.165, 1.54) is 0 Å². The molecule has 1 atom stereocenters. The molecule has 5 nitrogen and oxygen atoms in total. The fourth-order valence-corrected chi connectivity index (χ4v) is 4.34. The first-order chi connectivity index (χ1) is 13.5. The summed E-state index contributed by atoms with van der Waals surface area (Å²) in [6.07, 6.45) is 1.47. The second-order valence-electron chi connectivity index (χ2n) is 6.75. The zero-order valence-electron chi connectivity index (χ0n) is 15.5. The highest BCUT2D eigenvalue weighted by molar-refractivity contribution is 7.89. The molecule has 1 aliphatic rings. The van der Waals surface area contributed by atoms with Crippen LogP contribution in [-0.4, -0.2) is 46.1 Å². The van der Waals surface area contributed by atoms with Crippen LogP contribution in [-0.2, 0) is 14.8 Å². The highest BCUT2D eigenvalue weighted by Gasteiger charge is 2.22. The first-order valence-electron chi connectivity index (χ1n) is 9.29. The number of morpholine rings is 1. The molecule has 1 aliphatic heterocycles. The Labute approximate surface area is 164 Å². The van der Waals surface area contributed by atoms with Crippen LogP contribution < -0.4 is 4.72 Å². The number of ether oxygens (including phenoxy) is 1. The molecular formula is C20H24F2N2O3S. The normalized spacial score (nSPS) is 18.3. The molecule has 0 radical (unpaired) electrons. The number of hydrogen-bond donors (Lipinski definition) is 1. The minimum Gasteiger partial charge on any atom is -0.371 e. The standard InChI is InChI=1S/C20H24F2N2O3S/c21-17-8-9-20(18(22)14-17)28(25,26)23-10-4-5-11-24-12-13-27-19(15-24)16-6-2-1-3-7-16/h1-3,6-9,14,19,23H,4-5,10-13,15H2/t19-/m0/s1. The predicted molar refractivity (Wildman–Crippen MR) is 102 cm³/mol. The maximum absolute atomic E-state index is 13.7. The van der Waals surface area contributed by atoms with E-state index in [1.54, 1.807) is 0 Å². The first-order valence-corrected chi connectivity index (χ1v) is 10.8. The van der Waals surface area contributed by atoms with Gasteiger partial charge in [-0.1, -0.05) is 30.3 Å². The Morgan fingerprint density at radius 3 is 2.64 bits per heavy atom. The molecule has 28 heavy (non-hydrogen) atoms. The lowest BCUT2D eigenvalue weighted by Gasteiger charge is -2.33. The maximum Gasteiger partial charge on any atom is 0.243 e. The van der Waals surface area contributed by atoms with Crippen LogP contribution in [0.25, 0.3) is 0 Å². The molecule has 0 spiro atoms. The van der Waals surface area contributed by atoms with Gasteiger partial charge < -0.3 is 4.74 Å². The fraction of sp³-hybridized carbons (Fsp3) is 0.400. The van der Waals surface area contributed by atoms with Crippen molar-refractivity contribution in [1.29, 1.82) is 0 Å². The summed E-state index contributed by atoms with van der Waals surface area (Å²) >= 11 is 0. The summed E-state index contributed by atoms with van der Waals surface area (Å²) in [6, 6.07) is 12.5. The fourth-order valence-electron chi connectivity index (χ4n) is 3.21. The molecule has 1 fully saturated rings. The third kappa shape index (κ3) is 5.57. The highest BCUT2D eigenvalue weighted by atomic mass is 32.2. The Kier molecular flexibility index (Phi) is 7.12. The van der Waals surface area contributed by atoms with Gasteiger partial charge in [0.05, 0.1) is 12.7 Å². The topological polar surface area (TPSA) is 58.6 Å². The van der Waals surface area contributed by atoms with Crippen molar-refractivity contribution >= 4 is 10.0 Å². The summed E-state index contributed by atoms with van der Waals surface area (Å²) in [6.45, 7) is 3.34. The van der Waals surface area contributed by atoms with Gasteiger partial charge in [-0.05, 0) is 37.1 Å². The van der Waals surface area contributed by atoms with Crippen molar-refractivity contribution in [2.45, 2.75) is 23.8 Å². The van der Waals surface area contributed by atoms with Crippen LogP contribution in [0.2, 0.25) is 0 Å². The van der Waals surface area contributed by atoms with Crippen molar-refractivity contribution in [3.63, 3.8) is 0 Å². The molecule has 0 unspecified atom stereocenters. The number of unbranched alkanes of at least 4 members (excludes halogenated alkanes) is 1. The number of nitrogens with zero attached hydrogens (tertiary/aromatic N) is 1. The van der Waals surface area contributed by atoms with Gasteiger partial charge in [0.1, 0.15) is 16.5 Å². The van der Waals surface area contributed by atoms with Gasteiger partial charge in [-0.25, -0.2) is 21.9 Å². The molecule has 2 aromatic rings. The maximum atomic E-state index is 13.7. The Balaban J connectivity index is 1.42. The molecule has 0 bridgehead atoms. The second kappa shape index (κ2) is 9.56. The minimum absolute atomic E-state index is 0.0508. The van der Waals surface area contributed by atoms with Crippen LogP contribution in [0.4, 0.5) is 8.78 Å². The van der Waals surface area contributed by atoms with Crippen molar-refractivity contribution in [2.75, 3.05) is 32.8 Å². The highest BCUT2D eigenvalue weighted by Crippen LogP contribution is 2.22. The summed E-state index contributed by atoms with van der Waals surface area (Å²) in [7, 11) is -3.98. The van der Waals surface area contributed by atoms with Gasteiger partial charge in [0, 0.05) is 25.7 Å². The molecule has 152 valence electrons. The van der Waals surface area contributed by atoms with E-state index in [9.17, 15) is 17.2 Å². The van der Waals surface area contributed by atoms with E-state index >= 15 is 0 Å². The molecule has 3 rings (SSSR count). The Morgan fingerprint density at radius 1 is 1.11 bits per heavy atom. The van der Waals surface area contributed by atoms with E-state index in [0.717, 1.165) is 43.8 Å². The Hall–Kier alpha value is -1.87. The van der Waals surface area contributed by atoms with Crippen LogP contribution >= 0.6 is 0 Å². The van der Waals surface area contributed by atoms with Crippen molar-refractivity contribution in [3.05, 3.63) is 65.7 Å².